The molecular weight excluding hydrogens is 727 g/mol. The van der Waals surface area contributed by atoms with Gasteiger partial charge in [-0.3, -0.25) is 4.79 Å². The number of hydrogen-bond donors (Lipinski definition) is 1. The third-order valence-electron chi connectivity index (χ3n) is 6.90. The second kappa shape index (κ2) is 12.7. The molecule has 3 aromatic rings. The standard InChI is InChI=1S/C33H38BrIN2O6/c1-31(2,3)42-29(39)37(30(40)43-32(4,5)6)17-11-7-10-16-36-26-20-24(35)19-25(34)27(26)33(41,28(36)38)23-15-14-21-12-8-9-13-22(21)18-23/h8-9,12-15,18-20,41H,7,10-11,16-17H2,1-6H3. The van der Waals surface area contributed by atoms with E-state index in [0.29, 0.717) is 47.1 Å². The number of ether oxygens (including phenoxy) is 2. The number of fused-ring (bicyclic) bond motifs is 2. The number of aliphatic hydroxyl groups is 1. The fraction of sp³-hybridized carbons (Fsp3) is 0.424. The van der Waals surface area contributed by atoms with Gasteiger partial charge in [0, 0.05) is 26.7 Å². The Morgan fingerprint density at radius 1 is 0.907 bits per heavy atom. The predicted octanol–water partition coefficient (Wildman–Crippen LogP) is 8.13. The third kappa shape index (κ3) is 7.51. The molecule has 0 bridgehead atoms. The van der Waals surface area contributed by atoms with Gasteiger partial charge in [0.05, 0.1) is 5.69 Å². The number of amides is 3. The number of carbonyl (C=O) groups excluding carboxylic acids is 3. The van der Waals surface area contributed by atoms with Crippen LogP contribution in [0.25, 0.3) is 10.8 Å². The minimum Gasteiger partial charge on any atom is -0.443 e. The van der Waals surface area contributed by atoms with Crippen LogP contribution in [0.15, 0.2) is 59.1 Å². The van der Waals surface area contributed by atoms with Crippen LogP contribution in [0.3, 0.4) is 0 Å². The molecular formula is C33H38BrIN2O6. The first-order valence-corrected chi connectivity index (χ1v) is 16.1. The van der Waals surface area contributed by atoms with E-state index in [1.165, 1.54) is 0 Å². The molecule has 10 heteroatoms. The lowest BCUT2D eigenvalue weighted by atomic mass is 9.86. The quantitative estimate of drug-likeness (QED) is 0.193. The van der Waals surface area contributed by atoms with Crippen molar-refractivity contribution in [3.63, 3.8) is 0 Å². The highest BCUT2D eigenvalue weighted by atomic mass is 127. The van der Waals surface area contributed by atoms with E-state index in [4.69, 9.17) is 9.47 Å². The molecule has 3 amide bonds. The molecule has 230 valence electrons. The van der Waals surface area contributed by atoms with Crippen molar-refractivity contribution in [2.75, 3.05) is 18.0 Å². The molecule has 4 rings (SSSR count). The van der Waals surface area contributed by atoms with E-state index >= 15 is 0 Å². The molecule has 0 aliphatic carbocycles. The second-order valence-electron chi connectivity index (χ2n) is 12.7. The molecule has 0 saturated heterocycles. The summed E-state index contributed by atoms with van der Waals surface area (Å²) in [4.78, 5) is 42.3. The van der Waals surface area contributed by atoms with E-state index in [1.807, 2.05) is 48.5 Å². The normalized spacial score (nSPS) is 16.8. The van der Waals surface area contributed by atoms with Crippen molar-refractivity contribution in [2.45, 2.75) is 77.6 Å². The van der Waals surface area contributed by atoms with E-state index in [1.54, 1.807) is 52.5 Å². The topological polar surface area (TPSA) is 96.4 Å². The molecule has 1 aliphatic heterocycles. The first kappa shape index (κ1) is 33.2. The van der Waals surface area contributed by atoms with Gasteiger partial charge in [0.2, 0.25) is 0 Å². The molecule has 0 radical (unpaired) electrons. The molecule has 43 heavy (non-hydrogen) atoms. The summed E-state index contributed by atoms with van der Waals surface area (Å²) in [6.07, 6.45) is 0.160. The van der Waals surface area contributed by atoms with Gasteiger partial charge in [-0.2, -0.15) is 0 Å². The van der Waals surface area contributed by atoms with Crippen LogP contribution in [0.5, 0.6) is 0 Å². The maximum absolute atomic E-state index is 14.0. The van der Waals surface area contributed by atoms with Crippen LogP contribution < -0.4 is 4.90 Å². The first-order valence-electron chi connectivity index (χ1n) is 14.3. The third-order valence-corrected chi connectivity index (χ3v) is 8.15. The number of nitrogens with zero attached hydrogens (tertiary/aromatic N) is 2. The van der Waals surface area contributed by atoms with Gasteiger partial charge in [0.15, 0.2) is 5.60 Å². The smallest absolute Gasteiger partial charge is 0.419 e. The lowest BCUT2D eigenvalue weighted by molar-refractivity contribution is -0.132. The van der Waals surface area contributed by atoms with Gasteiger partial charge in [-0.1, -0.05) is 52.3 Å². The van der Waals surface area contributed by atoms with Crippen molar-refractivity contribution in [2.24, 2.45) is 0 Å². The highest BCUT2D eigenvalue weighted by Gasteiger charge is 2.52. The van der Waals surface area contributed by atoms with Crippen LogP contribution in [0, 0.1) is 3.57 Å². The molecule has 1 N–H and O–H groups in total. The average Bonchev–Trinajstić information content (AvgIpc) is 3.10. The maximum Gasteiger partial charge on any atom is 0.419 e. The summed E-state index contributed by atoms with van der Waals surface area (Å²) in [6, 6.07) is 17.2. The number of benzene rings is 3. The zero-order valence-corrected chi connectivity index (χ0v) is 29.1. The number of anilines is 1. The van der Waals surface area contributed by atoms with Crippen LogP contribution in [0.4, 0.5) is 15.3 Å². The minimum absolute atomic E-state index is 0.110. The number of halogens is 2. The van der Waals surface area contributed by atoms with Gasteiger partial charge in [-0.15, -0.1) is 0 Å². The number of carbonyl (C=O) groups is 3. The molecule has 1 atom stereocenters. The minimum atomic E-state index is -1.85. The molecule has 1 aliphatic rings. The molecule has 0 aromatic heterocycles. The largest absolute Gasteiger partial charge is 0.443 e. The summed E-state index contributed by atoms with van der Waals surface area (Å²) >= 11 is 5.82. The van der Waals surface area contributed by atoms with Crippen LogP contribution in [-0.4, -0.2) is 52.4 Å². The monoisotopic (exact) mass is 764 g/mol. The van der Waals surface area contributed by atoms with Crippen molar-refractivity contribution >= 4 is 73.1 Å². The Morgan fingerprint density at radius 3 is 2.12 bits per heavy atom. The molecule has 0 fully saturated rings. The van der Waals surface area contributed by atoms with Crippen molar-refractivity contribution < 1.29 is 29.0 Å². The summed E-state index contributed by atoms with van der Waals surface area (Å²) in [5.41, 5.74) is -1.71. The number of rotatable bonds is 7. The summed E-state index contributed by atoms with van der Waals surface area (Å²) in [7, 11) is 0. The number of imide groups is 1. The second-order valence-corrected chi connectivity index (χ2v) is 14.8. The highest BCUT2D eigenvalue weighted by Crippen LogP contribution is 2.49. The van der Waals surface area contributed by atoms with Crippen molar-refractivity contribution in [1.29, 1.82) is 0 Å². The van der Waals surface area contributed by atoms with E-state index in [0.717, 1.165) is 19.2 Å². The maximum atomic E-state index is 14.0. The average molecular weight is 765 g/mol. The Morgan fingerprint density at radius 2 is 1.51 bits per heavy atom. The van der Waals surface area contributed by atoms with Gasteiger partial charge >= 0.3 is 12.2 Å². The van der Waals surface area contributed by atoms with Crippen molar-refractivity contribution in [3.8, 4) is 0 Å². The Bertz CT molecular complexity index is 1520. The van der Waals surface area contributed by atoms with Crippen LogP contribution in [0.2, 0.25) is 0 Å². The number of hydrogen-bond acceptors (Lipinski definition) is 6. The molecule has 0 saturated carbocycles. The van der Waals surface area contributed by atoms with E-state index in [9.17, 15) is 19.5 Å². The van der Waals surface area contributed by atoms with Gasteiger partial charge < -0.3 is 19.5 Å². The molecule has 1 unspecified atom stereocenters. The van der Waals surface area contributed by atoms with Crippen LogP contribution >= 0.6 is 38.5 Å². The molecule has 0 spiro atoms. The summed E-state index contributed by atoms with van der Waals surface area (Å²) in [5.74, 6) is -0.412. The fourth-order valence-corrected chi connectivity index (χ4v) is 6.83. The Labute approximate surface area is 275 Å². The number of unbranched alkanes of at least 4 members (excludes halogenated alkanes) is 2. The zero-order chi connectivity index (χ0) is 31.7. The first-order chi connectivity index (χ1) is 20.0. The van der Waals surface area contributed by atoms with Crippen LogP contribution in [-0.2, 0) is 19.9 Å². The lowest BCUT2D eigenvalue weighted by Crippen LogP contribution is -2.44. The van der Waals surface area contributed by atoms with Crippen molar-refractivity contribution in [1.82, 2.24) is 4.90 Å². The Hall–Kier alpha value is -2.70. The highest BCUT2D eigenvalue weighted by molar-refractivity contribution is 14.1. The van der Waals surface area contributed by atoms with E-state index < -0.39 is 34.9 Å². The zero-order valence-electron chi connectivity index (χ0n) is 25.4. The SMILES string of the molecule is CC(C)(C)OC(=O)N(CCCCCN1C(=O)C(O)(c2ccc3ccccc3c2)c2c(Br)cc(I)cc21)C(=O)OC(C)(C)C. The Kier molecular flexibility index (Phi) is 9.83. The van der Waals surface area contributed by atoms with E-state index in [-0.39, 0.29) is 6.54 Å². The van der Waals surface area contributed by atoms with Gasteiger partial charge in [-0.05, 0) is 118 Å². The fourth-order valence-electron chi connectivity index (χ4n) is 5.05. The predicted molar refractivity (Wildman–Crippen MR) is 179 cm³/mol. The lowest BCUT2D eigenvalue weighted by Gasteiger charge is -2.28. The molecule has 3 aromatic carbocycles. The van der Waals surface area contributed by atoms with Crippen molar-refractivity contribution in [3.05, 3.63) is 73.8 Å². The summed E-state index contributed by atoms with van der Waals surface area (Å²) in [5, 5.41) is 14.1. The molecule has 8 nitrogen and oxygen atoms in total. The molecule has 1 heterocycles. The Balaban J connectivity index is 1.51. The van der Waals surface area contributed by atoms with Gasteiger partial charge in [0.1, 0.15) is 11.2 Å². The summed E-state index contributed by atoms with van der Waals surface area (Å²) < 4.78 is 12.5. The van der Waals surface area contributed by atoms with E-state index in [2.05, 4.69) is 38.5 Å². The van der Waals surface area contributed by atoms with Gasteiger partial charge in [0.25, 0.3) is 5.91 Å². The van der Waals surface area contributed by atoms with Crippen LogP contribution in [0.1, 0.15) is 71.9 Å². The van der Waals surface area contributed by atoms with Gasteiger partial charge in [-0.25, -0.2) is 14.5 Å². The summed E-state index contributed by atoms with van der Waals surface area (Å²) in [6.45, 7) is 10.9.